The van der Waals surface area contributed by atoms with Crippen molar-refractivity contribution >= 4 is 44.9 Å². The molecule has 0 heterocycles. The van der Waals surface area contributed by atoms with E-state index in [-0.39, 0.29) is 5.78 Å². The van der Waals surface area contributed by atoms with Gasteiger partial charge in [-0.15, -0.1) is 0 Å². The molecule has 0 radical (unpaired) electrons. The summed E-state index contributed by atoms with van der Waals surface area (Å²) < 4.78 is 0.960. The molecule has 2 aromatic carbocycles. The van der Waals surface area contributed by atoms with Crippen LogP contribution in [-0.2, 0) is 6.42 Å². The van der Waals surface area contributed by atoms with Gasteiger partial charge in [0.05, 0.1) is 10.0 Å². The molecule has 0 aliphatic carbocycles. The number of ketones is 1. The van der Waals surface area contributed by atoms with Crippen molar-refractivity contribution in [1.29, 1.82) is 0 Å². The van der Waals surface area contributed by atoms with Crippen molar-refractivity contribution in [1.82, 2.24) is 0 Å². The maximum atomic E-state index is 12.1. The highest BCUT2D eigenvalue weighted by atomic mass is 79.9. The van der Waals surface area contributed by atoms with Crippen LogP contribution in [0.25, 0.3) is 0 Å². The second-order valence-electron chi connectivity index (χ2n) is 3.86. The molecular weight excluding hydrogens is 335 g/mol. The van der Waals surface area contributed by atoms with Crippen LogP contribution >= 0.6 is 39.1 Å². The minimum absolute atomic E-state index is 0.0201. The average molecular weight is 344 g/mol. The summed E-state index contributed by atoms with van der Waals surface area (Å²) in [5.74, 6) is 0.0201. The molecule has 0 N–H and O–H groups in total. The van der Waals surface area contributed by atoms with Gasteiger partial charge < -0.3 is 0 Å². The van der Waals surface area contributed by atoms with Crippen LogP contribution in [0.5, 0.6) is 0 Å². The summed E-state index contributed by atoms with van der Waals surface area (Å²) in [6.45, 7) is 0. The molecule has 1 nitrogen and oxygen atoms in total. The number of rotatable bonds is 3. The molecule has 18 heavy (non-hydrogen) atoms. The van der Waals surface area contributed by atoms with E-state index in [0.29, 0.717) is 22.0 Å². The molecule has 0 fully saturated rings. The van der Waals surface area contributed by atoms with Gasteiger partial charge in [-0.3, -0.25) is 4.79 Å². The maximum absolute atomic E-state index is 12.1. The normalized spacial score (nSPS) is 10.4. The molecule has 0 unspecified atom stereocenters. The smallest absolute Gasteiger partial charge is 0.167 e. The van der Waals surface area contributed by atoms with Crippen molar-refractivity contribution in [3.05, 3.63) is 68.1 Å². The predicted octanol–water partition coefficient (Wildman–Crippen LogP) is 5.18. The van der Waals surface area contributed by atoms with E-state index in [9.17, 15) is 4.79 Å². The van der Waals surface area contributed by atoms with Gasteiger partial charge in [-0.2, -0.15) is 0 Å². The Morgan fingerprint density at radius 2 is 1.83 bits per heavy atom. The van der Waals surface area contributed by atoms with E-state index in [4.69, 9.17) is 23.2 Å². The Hall–Kier alpha value is -0.830. The Bertz CT molecular complexity index is 596. The Labute approximate surface area is 124 Å². The molecule has 4 heteroatoms. The Kier molecular flexibility index (Phi) is 4.44. The second kappa shape index (κ2) is 5.87. The van der Waals surface area contributed by atoms with Gasteiger partial charge in [0.15, 0.2) is 5.78 Å². The van der Waals surface area contributed by atoms with E-state index in [0.717, 1.165) is 10.0 Å². The predicted molar refractivity (Wildman–Crippen MR) is 78.6 cm³/mol. The monoisotopic (exact) mass is 342 g/mol. The van der Waals surface area contributed by atoms with Crippen LogP contribution in [0.2, 0.25) is 10.0 Å². The van der Waals surface area contributed by atoms with E-state index in [1.54, 1.807) is 18.2 Å². The van der Waals surface area contributed by atoms with Gasteiger partial charge >= 0.3 is 0 Å². The van der Waals surface area contributed by atoms with E-state index in [2.05, 4.69) is 15.9 Å². The topological polar surface area (TPSA) is 17.1 Å². The number of carbonyl (C=O) groups excluding carboxylic acids is 1. The van der Waals surface area contributed by atoms with Crippen molar-refractivity contribution in [3.8, 4) is 0 Å². The molecule has 0 bridgehead atoms. The molecule has 2 aromatic rings. The molecule has 0 saturated carbocycles. The third kappa shape index (κ3) is 3.35. The molecule has 0 amide bonds. The number of halogens is 3. The van der Waals surface area contributed by atoms with E-state index < -0.39 is 0 Å². The lowest BCUT2D eigenvalue weighted by molar-refractivity contribution is 0.0993. The fourth-order valence-corrected chi connectivity index (χ4v) is 2.35. The summed E-state index contributed by atoms with van der Waals surface area (Å²) in [6.07, 6.45) is 0.345. The first-order chi connectivity index (χ1) is 8.56. The summed E-state index contributed by atoms with van der Waals surface area (Å²) in [5.41, 5.74) is 1.53. The van der Waals surface area contributed by atoms with E-state index in [1.807, 2.05) is 24.3 Å². The minimum atomic E-state index is 0.0201. The largest absolute Gasteiger partial charge is 0.294 e. The van der Waals surface area contributed by atoms with Crippen LogP contribution in [-0.4, -0.2) is 5.78 Å². The number of hydrogen-bond acceptors (Lipinski definition) is 1. The molecule has 0 aromatic heterocycles. The first-order valence-corrected chi connectivity index (χ1v) is 6.84. The summed E-state index contributed by atoms with van der Waals surface area (Å²) in [4.78, 5) is 12.1. The molecule has 0 aliphatic heterocycles. The lowest BCUT2D eigenvalue weighted by Gasteiger charge is -2.03. The lowest BCUT2D eigenvalue weighted by atomic mass is 10.0. The van der Waals surface area contributed by atoms with Crippen molar-refractivity contribution in [2.75, 3.05) is 0 Å². The zero-order valence-electron chi connectivity index (χ0n) is 9.29. The lowest BCUT2D eigenvalue weighted by Crippen LogP contribution is -2.03. The molecule has 92 valence electrons. The van der Waals surface area contributed by atoms with Crippen LogP contribution in [0.15, 0.2) is 46.9 Å². The fourth-order valence-electron chi connectivity index (χ4n) is 1.60. The average Bonchev–Trinajstić information content (AvgIpc) is 2.32. The third-order valence-corrected chi connectivity index (χ3v) is 3.73. The number of hydrogen-bond donors (Lipinski definition) is 0. The van der Waals surface area contributed by atoms with Crippen LogP contribution in [0.1, 0.15) is 15.9 Å². The van der Waals surface area contributed by atoms with Crippen molar-refractivity contribution in [3.63, 3.8) is 0 Å². The zero-order valence-corrected chi connectivity index (χ0v) is 12.4. The van der Waals surface area contributed by atoms with E-state index in [1.165, 1.54) is 0 Å². The molecule has 2 rings (SSSR count). The molecule has 0 atom stereocenters. The zero-order chi connectivity index (χ0) is 13.1. The quantitative estimate of drug-likeness (QED) is 0.701. The molecule has 0 aliphatic rings. The van der Waals surface area contributed by atoms with Crippen molar-refractivity contribution in [2.45, 2.75) is 6.42 Å². The van der Waals surface area contributed by atoms with Crippen molar-refractivity contribution in [2.24, 2.45) is 0 Å². The second-order valence-corrected chi connectivity index (χ2v) is 5.59. The van der Waals surface area contributed by atoms with Crippen LogP contribution < -0.4 is 0 Å². The van der Waals surface area contributed by atoms with Gasteiger partial charge in [-0.1, -0.05) is 51.3 Å². The highest BCUT2D eigenvalue weighted by Crippen LogP contribution is 2.23. The summed E-state index contributed by atoms with van der Waals surface area (Å²) in [5, 5.41) is 0.854. The third-order valence-electron chi connectivity index (χ3n) is 2.50. The first-order valence-electron chi connectivity index (χ1n) is 5.29. The van der Waals surface area contributed by atoms with Gasteiger partial charge in [0.1, 0.15) is 0 Å². The fraction of sp³-hybridized carbons (Fsp3) is 0.0714. The number of Topliss-reactive ketones (excluding diaryl/α,β-unsaturated/α-hetero) is 1. The molecular formula is C14H9BrCl2O. The van der Waals surface area contributed by atoms with Gasteiger partial charge in [-0.25, -0.2) is 0 Å². The van der Waals surface area contributed by atoms with Crippen molar-refractivity contribution < 1.29 is 4.79 Å². The number of benzene rings is 2. The number of carbonyl (C=O) groups is 1. The van der Waals surface area contributed by atoms with Crippen LogP contribution in [0, 0.1) is 0 Å². The van der Waals surface area contributed by atoms with Gasteiger partial charge in [0, 0.05) is 16.5 Å². The van der Waals surface area contributed by atoms with Crippen LogP contribution in [0.4, 0.5) is 0 Å². The van der Waals surface area contributed by atoms with E-state index >= 15 is 0 Å². The summed E-state index contributed by atoms with van der Waals surface area (Å²) in [7, 11) is 0. The van der Waals surface area contributed by atoms with Gasteiger partial charge in [0.2, 0.25) is 0 Å². The summed E-state index contributed by atoms with van der Waals surface area (Å²) in [6, 6.07) is 12.6. The highest BCUT2D eigenvalue weighted by Gasteiger charge is 2.09. The highest BCUT2D eigenvalue weighted by molar-refractivity contribution is 9.10. The van der Waals surface area contributed by atoms with Crippen LogP contribution in [0.3, 0.4) is 0 Å². The molecule has 0 saturated heterocycles. The first kappa shape index (κ1) is 13.6. The minimum Gasteiger partial charge on any atom is -0.294 e. The maximum Gasteiger partial charge on any atom is 0.167 e. The van der Waals surface area contributed by atoms with Gasteiger partial charge in [-0.05, 0) is 35.9 Å². The Morgan fingerprint density at radius 1 is 1.06 bits per heavy atom. The van der Waals surface area contributed by atoms with Gasteiger partial charge in [0.25, 0.3) is 0 Å². The Morgan fingerprint density at radius 3 is 2.50 bits per heavy atom. The standard InChI is InChI=1S/C14H9BrCl2O/c15-11-3-1-2-9(6-11)7-14(18)10-4-5-12(16)13(17)8-10/h1-6,8H,7H2. The SMILES string of the molecule is O=C(Cc1cccc(Br)c1)c1ccc(Cl)c(Cl)c1. The molecule has 0 spiro atoms. The summed E-state index contributed by atoms with van der Waals surface area (Å²) >= 11 is 15.1. The Balaban J connectivity index is 2.19.